The van der Waals surface area contributed by atoms with Gasteiger partial charge in [0.15, 0.2) is 5.78 Å². The summed E-state index contributed by atoms with van der Waals surface area (Å²) in [5.74, 6) is -2.56. The molecule has 0 spiro atoms. The molecule has 2 N–H and O–H groups in total. The molecule has 2 aliphatic heterocycles. The summed E-state index contributed by atoms with van der Waals surface area (Å²) in [7, 11) is -6.20. The van der Waals surface area contributed by atoms with E-state index < -0.39 is 37.7 Å². The number of hydrogen-bond acceptors (Lipinski definition) is 12. The monoisotopic (exact) mass is 981 g/mol. The first-order chi connectivity index (χ1) is 32.3. The van der Waals surface area contributed by atoms with E-state index in [1.165, 1.54) is 46.9 Å². The van der Waals surface area contributed by atoms with Crippen molar-refractivity contribution in [3.05, 3.63) is 130 Å². The van der Waals surface area contributed by atoms with Gasteiger partial charge in [-0.25, -0.2) is 30.4 Å². The predicted molar refractivity (Wildman–Crippen MR) is 257 cm³/mol. The maximum absolute atomic E-state index is 14.7. The average molecular weight is 982 g/mol. The Morgan fingerprint density at radius 3 is 1.35 bits per heavy atom. The van der Waals surface area contributed by atoms with Crippen LogP contribution in [-0.2, 0) is 60.6 Å². The van der Waals surface area contributed by atoms with Gasteiger partial charge in [-0.05, 0) is 67.4 Å². The lowest BCUT2D eigenvalue weighted by Gasteiger charge is -2.34. The van der Waals surface area contributed by atoms with E-state index in [4.69, 9.17) is 5.73 Å². The largest absolute Gasteiger partial charge is 0.465 e. The van der Waals surface area contributed by atoms with Gasteiger partial charge in [0, 0.05) is 96.0 Å². The lowest BCUT2D eigenvalue weighted by Crippen LogP contribution is -2.47. The molecule has 2 amide bonds. The van der Waals surface area contributed by atoms with Gasteiger partial charge in [0.25, 0.3) is 0 Å². The number of amides is 2. The molecule has 0 aromatic heterocycles. The minimum atomic E-state index is -3.71. The topological polar surface area (TPSA) is 191 Å². The van der Waals surface area contributed by atoms with Crippen molar-refractivity contribution in [1.82, 2.24) is 19.6 Å². The number of sulfonamides is 2. The van der Waals surface area contributed by atoms with E-state index in [1.807, 2.05) is 21.9 Å². The number of anilines is 2. The number of piperazine rings is 2. The van der Waals surface area contributed by atoms with Crippen molar-refractivity contribution in [2.45, 2.75) is 53.9 Å². The lowest BCUT2D eigenvalue weighted by molar-refractivity contribution is -0.131. The van der Waals surface area contributed by atoms with Crippen molar-refractivity contribution >= 4 is 55.0 Å². The second-order valence-corrected chi connectivity index (χ2v) is 20.8. The summed E-state index contributed by atoms with van der Waals surface area (Å²) < 4.78 is 88.2. The highest BCUT2D eigenvalue weighted by molar-refractivity contribution is 7.93. The van der Waals surface area contributed by atoms with Crippen LogP contribution in [-0.4, -0.2) is 138 Å². The molecule has 0 aliphatic carbocycles. The smallest absolute Gasteiger partial charge is 0.337 e. The number of carbonyl (C=O) groups excluding carboxylic acids is 4. The van der Waals surface area contributed by atoms with Gasteiger partial charge < -0.3 is 20.3 Å². The fourth-order valence-electron chi connectivity index (χ4n) is 7.79. The van der Waals surface area contributed by atoms with Crippen LogP contribution in [0.1, 0.15) is 70.7 Å². The summed E-state index contributed by atoms with van der Waals surface area (Å²) >= 11 is 0. The minimum Gasteiger partial charge on any atom is -0.465 e. The Hall–Kier alpha value is -5.80. The Morgan fingerprint density at radius 1 is 0.603 bits per heavy atom. The molecular formula is C48H61F2N7O9S2. The van der Waals surface area contributed by atoms with Gasteiger partial charge >= 0.3 is 5.97 Å². The third-order valence-electron chi connectivity index (χ3n) is 11.9. The number of esters is 1. The molecule has 16 nitrogen and oxygen atoms in total. The van der Waals surface area contributed by atoms with Crippen LogP contribution in [0.25, 0.3) is 0 Å². The second-order valence-electron chi connectivity index (χ2n) is 16.4. The van der Waals surface area contributed by atoms with Gasteiger partial charge in [0.1, 0.15) is 11.6 Å². The zero-order chi connectivity index (χ0) is 49.8. The number of Topliss-reactive ketones (excluding diaryl/α,β-unsaturated/α-hetero) is 1. The quantitative estimate of drug-likeness (QED) is 0.114. The Kier molecular flexibility index (Phi) is 18.7. The SMILES string of the molecule is CCS(=O)(=O)N(Cc1ccc(C(=O)CN)cc1F)c1cccc(CN2CCN(C(C)=O)CC2)c1.CCS(=O)(=O)N(Cc1ccc(C(=O)OC)cc1F)c1cccc(CN2CCN(C(C)=O)CC2)c1. The number of benzene rings is 4. The van der Waals surface area contributed by atoms with Gasteiger partial charge in [-0.15, -0.1) is 0 Å². The number of carbonyl (C=O) groups is 4. The van der Waals surface area contributed by atoms with Crippen molar-refractivity contribution in [2.75, 3.05) is 86.1 Å². The van der Waals surface area contributed by atoms with Crippen LogP contribution >= 0.6 is 0 Å². The molecule has 0 bridgehead atoms. The van der Waals surface area contributed by atoms with E-state index in [-0.39, 0.29) is 71.0 Å². The van der Waals surface area contributed by atoms with Gasteiger partial charge in [-0.2, -0.15) is 0 Å². The standard InChI is InChI=1S/C24H31FN4O4S.C24H30FN3O5S/c1-3-34(32,33)29(17-21-8-7-20(14-23(21)25)24(31)15-26)22-6-4-5-19(13-22)16-27-9-11-28(12-10-27)18(2)30;1-4-34(31,32)28(17-21-9-8-20(15-23(21)25)24(30)33-3)22-7-5-6-19(14-22)16-26-10-12-27(13-11-26)18(2)29/h4-8,13-14H,3,9-12,15-17,26H2,1-2H3;5-9,14-15H,4,10-13,16-17H2,1-3H3. The lowest BCUT2D eigenvalue weighted by atomic mass is 10.1. The van der Waals surface area contributed by atoms with E-state index in [9.17, 15) is 44.8 Å². The first-order valence-electron chi connectivity index (χ1n) is 22.3. The molecule has 2 aliphatic rings. The molecule has 20 heteroatoms. The molecule has 2 heterocycles. The van der Waals surface area contributed by atoms with Crippen molar-refractivity contribution in [3.63, 3.8) is 0 Å². The normalized spacial score (nSPS) is 14.7. The number of methoxy groups -OCH3 is 1. The molecule has 2 saturated heterocycles. The maximum atomic E-state index is 14.7. The third-order valence-corrected chi connectivity index (χ3v) is 15.4. The molecule has 368 valence electrons. The summed E-state index contributed by atoms with van der Waals surface area (Å²) in [4.78, 5) is 54.5. The van der Waals surface area contributed by atoms with E-state index in [0.29, 0.717) is 50.6 Å². The van der Waals surface area contributed by atoms with Gasteiger partial charge in [0.2, 0.25) is 31.9 Å². The van der Waals surface area contributed by atoms with Crippen LogP contribution in [0, 0.1) is 11.6 Å². The van der Waals surface area contributed by atoms with Crippen molar-refractivity contribution in [1.29, 1.82) is 0 Å². The number of nitrogens with zero attached hydrogens (tertiary/aromatic N) is 6. The highest BCUT2D eigenvalue weighted by Gasteiger charge is 2.26. The number of rotatable bonds is 17. The van der Waals surface area contributed by atoms with E-state index in [0.717, 1.165) is 49.4 Å². The Morgan fingerprint density at radius 2 is 1.00 bits per heavy atom. The van der Waals surface area contributed by atoms with Crippen LogP contribution in [0.4, 0.5) is 20.2 Å². The van der Waals surface area contributed by atoms with Crippen LogP contribution in [0.5, 0.6) is 0 Å². The van der Waals surface area contributed by atoms with Crippen LogP contribution in [0.2, 0.25) is 0 Å². The fourth-order valence-corrected chi connectivity index (χ4v) is 9.95. The summed E-state index contributed by atoms with van der Waals surface area (Å²) in [5, 5.41) is 0. The predicted octanol–water partition coefficient (Wildman–Crippen LogP) is 4.62. The molecule has 4 aromatic carbocycles. The highest BCUT2D eigenvalue weighted by atomic mass is 32.2. The third kappa shape index (κ3) is 14.1. The number of ketones is 1. The molecule has 0 radical (unpaired) electrons. The van der Waals surface area contributed by atoms with Crippen LogP contribution in [0.15, 0.2) is 84.9 Å². The van der Waals surface area contributed by atoms with E-state index in [2.05, 4.69) is 14.5 Å². The van der Waals surface area contributed by atoms with Gasteiger partial charge in [-0.1, -0.05) is 42.5 Å². The van der Waals surface area contributed by atoms with Crippen LogP contribution in [0.3, 0.4) is 0 Å². The summed E-state index contributed by atoms with van der Waals surface area (Å²) in [6.45, 7) is 12.4. The maximum Gasteiger partial charge on any atom is 0.337 e. The molecule has 0 saturated carbocycles. The molecule has 2 fully saturated rings. The Balaban J connectivity index is 0.000000254. The zero-order valence-electron chi connectivity index (χ0n) is 39.2. The molecule has 0 atom stereocenters. The van der Waals surface area contributed by atoms with E-state index in [1.54, 1.807) is 57.2 Å². The number of nitrogens with two attached hydrogens (primary N) is 1. The Bertz CT molecular complexity index is 2480. The minimum absolute atomic E-state index is 0.0560. The fraction of sp³-hybridized carbons (Fsp3) is 0.417. The van der Waals surface area contributed by atoms with Crippen LogP contribution < -0.4 is 14.3 Å². The molecule has 6 rings (SSSR count). The second kappa shape index (κ2) is 24.0. The number of halogens is 2. The average Bonchev–Trinajstić information content (AvgIpc) is 3.33. The van der Waals surface area contributed by atoms with Crippen molar-refractivity contribution < 1.29 is 49.5 Å². The number of hydrogen-bond donors (Lipinski definition) is 1. The molecular weight excluding hydrogens is 921 g/mol. The molecule has 4 aromatic rings. The first kappa shape index (κ1) is 53.2. The first-order valence-corrected chi connectivity index (χ1v) is 25.5. The Labute approximate surface area is 398 Å². The van der Waals surface area contributed by atoms with Gasteiger partial charge in [-0.3, -0.25) is 32.8 Å². The zero-order valence-corrected chi connectivity index (χ0v) is 40.8. The summed E-state index contributed by atoms with van der Waals surface area (Å²) in [5.41, 5.74) is 8.60. The number of ether oxygens (including phenoxy) is 1. The molecule has 68 heavy (non-hydrogen) atoms. The summed E-state index contributed by atoms with van der Waals surface area (Å²) in [6.07, 6.45) is 0. The van der Waals surface area contributed by atoms with Gasteiger partial charge in [0.05, 0.1) is 55.2 Å². The van der Waals surface area contributed by atoms with Crippen molar-refractivity contribution in [2.24, 2.45) is 5.73 Å². The molecule has 0 unspecified atom stereocenters. The van der Waals surface area contributed by atoms with E-state index >= 15 is 0 Å². The highest BCUT2D eigenvalue weighted by Crippen LogP contribution is 2.27. The van der Waals surface area contributed by atoms with Crippen molar-refractivity contribution in [3.8, 4) is 0 Å². The summed E-state index contributed by atoms with van der Waals surface area (Å²) in [6, 6.07) is 22.2.